The third kappa shape index (κ3) is 4.56. The number of benzene rings is 1. The van der Waals surface area contributed by atoms with E-state index < -0.39 is 0 Å². The number of esters is 1. The average molecular weight is 284 g/mol. The maximum atomic E-state index is 11.1. The van der Waals surface area contributed by atoms with Crippen LogP contribution in [-0.4, -0.2) is 13.1 Å². The number of thiophene rings is 1. The van der Waals surface area contributed by atoms with Gasteiger partial charge in [-0.15, -0.1) is 0 Å². The fourth-order valence-corrected chi connectivity index (χ4v) is 2.41. The molecule has 0 aliphatic rings. The molecule has 0 N–H and O–H groups in total. The molecule has 20 heavy (non-hydrogen) atoms. The first-order valence-corrected chi connectivity index (χ1v) is 7.42. The van der Waals surface area contributed by atoms with Crippen LogP contribution in [-0.2, 0) is 16.0 Å². The monoisotopic (exact) mass is 284 g/mol. The van der Waals surface area contributed by atoms with Crippen LogP contribution in [0.25, 0.3) is 0 Å². The third-order valence-corrected chi connectivity index (χ3v) is 3.56. The summed E-state index contributed by atoms with van der Waals surface area (Å²) in [4.78, 5) is 11.1. The van der Waals surface area contributed by atoms with Gasteiger partial charge in [-0.05, 0) is 42.0 Å². The fourth-order valence-electron chi connectivity index (χ4n) is 1.82. The second-order valence-corrected chi connectivity index (χ2v) is 5.17. The van der Waals surface area contributed by atoms with Crippen molar-refractivity contribution in [1.82, 2.24) is 0 Å². The molecule has 0 aliphatic heterocycles. The van der Waals surface area contributed by atoms with E-state index >= 15 is 0 Å². The molecule has 102 valence electrons. The zero-order valence-electron chi connectivity index (χ0n) is 11.4. The minimum absolute atomic E-state index is 0.154. The third-order valence-electron chi connectivity index (χ3n) is 2.87. The van der Waals surface area contributed by atoms with Crippen LogP contribution in [0.5, 0.6) is 0 Å². The van der Waals surface area contributed by atoms with Gasteiger partial charge < -0.3 is 4.74 Å². The van der Waals surface area contributed by atoms with Gasteiger partial charge in [-0.25, -0.2) is 0 Å². The summed E-state index contributed by atoms with van der Waals surface area (Å²) < 4.78 is 4.63. The van der Waals surface area contributed by atoms with E-state index in [0.717, 1.165) is 24.0 Å². The lowest BCUT2D eigenvalue weighted by molar-refractivity contribution is -0.140. The molecule has 0 atom stereocenters. The Morgan fingerprint density at radius 3 is 2.85 bits per heavy atom. The summed E-state index contributed by atoms with van der Waals surface area (Å²) in [6, 6.07) is 10.2. The quantitative estimate of drug-likeness (QED) is 0.633. The molecule has 0 saturated carbocycles. The molecule has 2 rings (SSSR count). The Morgan fingerprint density at radius 2 is 2.10 bits per heavy atom. The van der Waals surface area contributed by atoms with E-state index in [2.05, 4.69) is 28.7 Å². The molecule has 0 amide bonds. The van der Waals surface area contributed by atoms with Crippen molar-refractivity contribution in [3.8, 4) is 11.8 Å². The number of hydrogen-bond acceptors (Lipinski definition) is 3. The predicted octanol–water partition coefficient (Wildman–Crippen LogP) is 3.64. The molecule has 0 bridgehead atoms. The first-order chi connectivity index (χ1) is 9.78. The van der Waals surface area contributed by atoms with Gasteiger partial charge in [0.15, 0.2) is 0 Å². The van der Waals surface area contributed by atoms with Gasteiger partial charge in [0.05, 0.1) is 7.11 Å². The minimum Gasteiger partial charge on any atom is -0.469 e. The van der Waals surface area contributed by atoms with E-state index in [9.17, 15) is 4.79 Å². The Hall–Kier alpha value is -2.05. The van der Waals surface area contributed by atoms with Crippen LogP contribution in [0, 0.1) is 11.8 Å². The maximum Gasteiger partial charge on any atom is 0.305 e. The van der Waals surface area contributed by atoms with Crippen LogP contribution in [0.15, 0.2) is 41.1 Å². The number of aryl methyl sites for hydroxylation is 1. The zero-order valence-corrected chi connectivity index (χ0v) is 12.2. The Balaban J connectivity index is 1.96. The molecule has 0 fully saturated rings. The van der Waals surface area contributed by atoms with Gasteiger partial charge in [0, 0.05) is 22.9 Å². The molecule has 0 spiro atoms. The Bertz CT molecular complexity index is 618. The largest absolute Gasteiger partial charge is 0.469 e. The SMILES string of the molecule is COC(=O)CCCc1cccc(C#Cc2ccsc2)c1. The van der Waals surface area contributed by atoms with Crippen molar-refractivity contribution in [3.63, 3.8) is 0 Å². The van der Waals surface area contributed by atoms with Crippen LogP contribution < -0.4 is 0 Å². The summed E-state index contributed by atoms with van der Waals surface area (Å²) >= 11 is 1.65. The lowest BCUT2D eigenvalue weighted by atomic mass is 10.1. The van der Waals surface area contributed by atoms with Gasteiger partial charge in [0.25, 0.3) is 0 Å². The van der Waals surface area contributed by atoms with Gasteiger partial charge in [0.2, 0.25) is 0 Å². The number of carbonyl (C=O) groups is 1. The summed E-state index contributed by atoms with van der Waals surface area (Å²) in [6.07, 6.45) is 2.12. The Kier molecular flexibility index (Phi) is 5.40. The van der Waals surface area contributed by atoms with E-state index in [4.69, 9.17) is 0 Å². The van der Waals surface area contributed by atoms with E-state index in [1.807, 2.05) is 29.0 Å². The molecule has 0 saturated heterocycles. The minimum atomic E-state index is -0.154. The first-order valence-electron chi connectivity index (χ1n) is 6.48. The lowest BCUT2D eigenvalue weighted by Gasteiger charge is -2.01. The Morgan fingerprint density at radius 1 is 1.25 bits per heavy atom. The van der Waals surface area contributed by atoms with Crippen LogP contribution in [0.4, 0.5) is 0 Å². The predicted molar refractivity (Wildman–Crippen MR) is 81.7 cm³/mol. The second kappa shape index (κ2) is 7.52. The molecule has 0 aliphatic carbocycles. The molecule has 2 nitrogen and oxygen atoms in total. The van der Waals surface area contributed by atoms with Crippen LogP contribution >= 0.6 is 11.3 Å². The first kappa shape index (κ1) is 14.4. The molecule has 3 heteroatoms. The van der Waals surface area contributed by atoms with E-state index in [0.29, 0.717) is 6.42 Å². The summed E-state index contributed by atoms with van der Waals surface area (Å²) in [5, 5.41) is 4.06. The number of rotatable bonds is 4. The van der Waals surface area contributed by atoms with Crippen molar-refractivity contribution < 1.29 is 9.53 Å². The fraction of sp³-hybridized carbons (Fsp3) is 0.235. The number of ether oxygens (including phenoxy) is 1. The van der Waals surface area contributed by atoms with Crippen LogP contribution in [0.1, 0.15) is 29.5 Å². The molecule has 1 aromatic carbocycles. The maximum absolute atomic E-state index is 11.1. The number of hydrogen-bond donors (Lipinski definition) is 0. The normalized spacial score (nSPS) is 9.65. The van der Waals surface area contributed by atoms with Crippen molar-refractivity contribution in [3.05, 3.63) is 57.8 Å². The highest BCUT2D eigenvalue weighted by molar-refractivity contribution is 7.08. The summed E-state index contributed by atoms with van der Waals surface area (Å²) in [5.41, 5.74) is 3.25. The highest BCUT2D eigenvalue weighted by Gasteiger charge is 2.00. The van der Waals surface area contributed by atoms with Gasteiger partial charge >= 0.3 is 5.97 Å². The molecular formula is C17H16O2S. The Labute approximate surface area is 123 Å². The summed E-state index contributed by atoms with van der Waals surface area (Å²) in [6.45, 7) is 0. The van der Waals surface area contributed by atoms with Crippen molar-refractivity contribution in [1.29, 1.82) is 0 Å². The van der Waals surface area contributed by atoms with Crippen molar-refractivity contribution in [2.24, 2.45) is 0 Å². The molecule has 1 aromatic heterocycles. The topological polar surface area (TPSA) is 26.3 Å². The highest BCUT2D eigenvalue weighted by atomic mass is 32.1. The number of carbonyl (C=O) groups excluding carboxylic acids is 1. The van der Waals surface area contributed by atoms with Crippen molar-refractivity contribution in [2.75, 3.05) is 7.11 Å². The molecule has 0 unspecified atom stereocenters. The molecule has 1 heterocycles. The number of methoxy groups -OCH3 is 1. The van der Waals surface area contributed by atoms with Gasteiger partial charge in [0.1, 0.15) is 0 Å². The molecule has 2 aromatic rings. The van der Waals surface area contributed by atoms with Crippen molar-refractivity contribution in [2.45, 2.75) is 19.3 Å². The average Bonchev–Trinajstić information content (AvgIpc) is 2.99. The van der Waals surface area contributed by atoms with Crippen molar-refractivity contribution >= 4 is 17.3 Å². The lowest BCUT2D eigenvalue weighted by Crippen LogP contribution is -2.00. The molecule has 0 radical (unpaired) electrons. The highest BCUT2D eigenvalue weighted by Crippen LogP contribution is 2.09. The van der Waals surface area contributed by atoms with E-state index in [-0.39, 0.29) is 5.97 Å². The van der Waals surface area contributed by atoms with E-state index in [1.54, 1.807) is 11.3 Å². The van der Waals surface area contributed by atoms with E-state index in [1.165, 1.54) is 12.7 Å². The van der Waals surface area contributed by atoms with Gasteiger partial charge in [-0.3, -0.25) is 4.79 Å². The van der Waals surface area contributed by atoms with Crippen LogP contribution in [0.2, 0.25) is 0 Å². The summed E-state index contributed by atoms with van der Waals surface area (Å²) in [5.74, 6) is 6.15. The molecular weight excluding hydrogens is 268 g/mol. The smallest absolute Gasteiger partial charge is 0.305 e. The van der Waals surface area contributed by atoms with Gasteiger partial charge in [-0.2, -0.15) is 11.3 Å². The zero-order chi connectivity index (χ0) is 14.2. The van der Waals surface area contributed by atoms with Gasteiger partial charge in [-0.1, -0.05) is 24.0 Å². The summed E-state index contributed by atoms with van der Waals surface area (Å²) in [7, 11) is 1.42. The standard InChI is InChI=1S/C17H16O2S/c1-19-17(18)7-3-6-14-4-2-5-15(12-14)8-9-16-10-11-20-13-16/h2,4-5,10-13H,3,6-7H2,1H3. The van der Waals surface area contributed by atoms with Crippen LogP contribution in [0.3, 0.4) is 0 Å². The second-order valence-electron chi connectivity index (χ2n) is 4.39.